The summed E-state index contributed by atoms with van der Waals surface area (Å²) in [5.74, 6) is -36.4. The topological polar surface area (TPSA) is 0 Å². The maximum Gasteiger partial charge on any atom is 0.459 e. The van der Waals surface area contributed by atoms with Crippen LogP contribution in [-0.2, 0) is 0 Å². The molecule has 0 N–H and O–H groups in total. The Hall–Kier alpha value is -1.40. The second-order valence-electron chi connectivity index (χ2n) is 5.04. The summed E-state index contributed by atoms with van der Waals surface area (Å²) in [5, 5.41) is 0. The van der Waals surface area contributed by atoms with Gasteiger partial charge in [-0.2, -0.15) is 87.8 Å². The molecular formula is C9F20. The van der Waals surface area contributed by atoms with Crippen LogP contribution in [0, 0.1) is 5.41 Å². The van der Waals surface area contributed by atoms with Gasteiger partial charge < -0.3 is 0 Å². The first-order chi connectivity index (χ1) is 12.0. The molecule has 0 aliphatic heterocycles. The van der Waals surface area contributed by atoms with Gasteiger partial charge in [-0.25, -0.2) is 0 Å². The van der Waals surface area contributed by atoms with Crippen LogP contribution < -0.4 is 0 Å². The van der Waals surface area contributed by atoms with E-state index in [1.165, 1.54) is 0 Å². The molecule has 0 aliphatic rings. The fraction of sp³-hybridized carbons (Fsp3) is 1.00. The number of hydrogen-bond donors (Lipinski definition) is 0. The third kappa shape index (κ3) is 3.23. The molecule has 0 saturated heterocycles. The van der Waals surface area contributed by atoms with Crippen molar-refractivity contribution in [3.8, 4) is 0 Å². The van der Waals surface area contributed by atoms with Gasteiger partial charge in [0.2, 0.25) is 0 Å². The first-order valence-electron chi connectivity index (χ1n) is 5.78. The van der Waals surface area contributed by atoms with Crippen LogP contribution in [0.2, 0.25) is 0 Å². The molecule has 0 saturated carbocycles. The number of hydrogen-bond acceptors (Lipinski definition) is 0. The van der Waals surface area contributed by atoms with E-state index in [1.807, 2.05) is 0 Å². The van der Waals surface area contributed by atoms with Gasteiger partial charge in [-0.15, -0.1) is 0 Å². The van der Waals surface area contributed by atoms with Crippen LogP contribution >= 0.6 is 0 Å². The van der Waals surface area contributed by atoms with Crippen LogP contribution in [0.1, 0.15) is 0 Å². The van der Waals surface area contributed by atoms with Crippen LogP contribution in [0.25, 0.3) is 0 Å². The van der Waals surface area contributed by atoms with Crippen molar-refractivity contribution in [2.24, 2.45) is 5.41 Å². The summed E-state index contributed by atoms with van der Waals surface area (Å²) in [6.45, 7) is 0. The molecule has 0 aromatic rings. The van der Waals surface area contributed by atoms with Gasteiger partial charge in [0.1, 0.15) is 0 Å². The van der Waals surface area contributed by atoms with Crippen LogP contribution in [0.5, 0.6) is 0 Å². The maximum absolute atomic E-state index is 13.3. The molecule has 0 rings (SSSR count). The normalized spacial score (nSPS) is 17.0. The highest BCUT2D eigenvalue weighted by atomic mass is 19.4. The van der Waals surface area contributed by atoms with Crippen molar-refractivity contribution in [2.75, 3.05) is 0 Å². The predicted molar refractivity (Wildman–Crippen MR) is 46.4 cm³/mol. The lowest BCUT2D eigenvalue weighted by atomic mass is 9.68. The second-order valence-corrected chi connectivity index (χ2v) is 5.04. The van der Waals surface area contributed by atoms with Gasteiger partial charge in [0, 0.05) is 0 Å². The Balaban J connectivity index is 7.85. The Morgan fingerprint density at radius 1 is 0.207 bits per heavy atom. The minimum Gasteiger partial charge on any atom is -0.198 e. The highest BCUT2D eigenvalue weighted by Gasteiger charge is 3.03. The minimum absolute atomic E-state index is 8.25. The number of rotatable bonds is 4. The Morgan fingerprint density at radius 2 is 0.379 bits per heavy atom. The van der Waals surface area contributed by atoms with Crippen molar-refractivity contribution in [3.05, 3.63) is 0 Å². The maximum atomic E-state index is 13.3. The first kappa shape index (κ1) is 27.6. The van der Waals surface area contributed by atoms with E-state index in [0.29, 0.717) is 0 Å². The lowest BCUT2D eigenvalue weighted by Crippen LogP contribution is -2.80. The standard InChI is InChI=1S/C9F20/c10-2(11,4(14,15)8(24,25)26)1(6(18,19)20,7(21,22)23)3(12,13)5(16,17)9(27,28)29. The molecule has 0 radical (unpaired) electrons. The van der Waals surface area contributed by atoms with E-state index in [0.717, 1.165) is 0 Å². The molecule has 0 bridgehead atoms. The summed E-state index contributed by atoms with van der Waals surface area (Å²) >= 11 is 0. The molecule has 0 aromatic heterocycles. The summed E-state index contributed by atoms with van der Waals surface area (Å²) in [4.78, 5) is 0. The Kier molecular flexibility index (Phi) is 6.00. The van der Waals surface area contributed by atoms with E-state index >= 15 is 0 Å². The van der Waals surface area contributed by atoms with Crippen LogP contribution in [0.15, 0.2) is 0 Å². The second kappa shape index (κ2) is 6.30. The predicted octanol–water partition coefficient (Wildman–Crippen LogP) is 6.76. The third-order valence-corrected chi connectivity index (χ3v) is 3.29. The van der Waals surface area contributed by atoms with E-state index in [4.69, 9.17) is 0 Å². The minimum atomic E-state index is -9.56. The first-order valence-corrected chi connectivity index (χ1v) is 5.78. The van der Waals surface area contributed by atoms with Gasteiger partial charge in [-0.05, 0) is 0 Å². The number of halogens is 20. The molecule has 0 aliphatic carbocycles. The molecule has 0 spiro atoms. The molecule has 0 fully saturated rings. The molecule has 29 heavy (non-hydrogen) atoms. The quantitative estimate of drug-likeness (QED) is 0.384. The average molecular weight is 488 g/mol. The molecule has 20 heteroatoms. The third-order valence-electron chi connectivity index (χ3n) is 3.29. The number of alkyl halides is 20. The zero-order chi connectivity index (χ0) is 24.5. The lowest BCUT2D eigenvalue weighted by Gasteiger charge is -2.49. The van der Waals surface area contributed by atoms with Gasteiger partial charge in [0.25, 0.3) is 5.41 Å². The summed E-state index contributed by atoms with van der Waals surface area (Å²) in [5.41, 5.74) is -9.56. The molecule has 0 aromatic carbocycles. The smallest absolute Gasteiger partial charge is 0.198 e. The molecular weight excluding hydrogens is 488 g/mol. The van der Waals surface area contributed by atoms with Gasteiger partial charge in [0.05, 0.1) is 0 Å². The van der Waals surface area contributed by atoms with Crippen molar-refractivity contribution in [2.45, 2.75) is 48.4 Å². The molecule has 0 heterocycles. The van der Waals surface area contributed by atoms with Gasteiger partial charge >= 0.3 is 48.4 Å². The van der Waals surface area contributed by atoms with Crippen molar-refractivity contribution in [3.63, 3.8) is 0 Å². The monoisotopic (exact) mass is 488 g/mol. The molecule has 0 amide bonds. The lowest BCUT2D eigenvalue weighted by molar-refractivity contribution is -0.525. The van der Waals surface area contributed by atoms with Crippen LogP contribution in [-0.4, -0.2) is 48.4 Å². The van der Waals surface area contributed by atoms with Crippen molar-refractivity contribution in [1.29, 1.82) is 0 Å². The molecule has 0 unspecified atom stereocenters. The van der Waals surface area contributed by atoms with E-state index in [-0.39, 0.29) is 0 Å². The van der Waals surface area contributed by atoms with Gasteiger partial charge in [-0.1, -0.05) is 0 Å². The molecule has 176 valence electrons. The Bertz CT molecular complexity index is 537. The fourth-order valence-corrected chi connectivity index (χ4v) is 1.90. The summed E-state index contributed by atoms with van der Waals surface area (Å²) in [7, 11) is 0. The van der Waals surface area contributed by atoms with Crippen LogP contribution in [0.3, 0.4) is 0 Å². The van der Waals surface area contributed by atoms with E-state index < -0.39 is 53.8 Å². The highest BCUT2D eigenvalue weighted by Crippen LogP contribution is 2.73. The van der Waals surface area contributed by atoms with Gasteiger partial charge in [-0.3, -0.25) is 0 Å². The summed E-state index contributed by atoms with van der Waals surface area (Å²) < 4.78 is 252. The Labute approximate surface area is 143 Å². The van der Waals surface area contributed by atoms with Crippen molar-refractivity contribution in [1.82, 2.24) is 0 Å². The SMILES string of the molecule is FC(F)(F)C(F)(F)C(F)(F)C(C(F)(F)F)(C(F)(F)F)C(F)(F)C(F)(F)C(F)(F)F. The van der Waals surface area contributed by atoms with E-state index in [2.05, 4.69) is 0 Å². The summed E-state index contributed by atoms with van der Waals surface area (Å²) in [6, 6.07) is 0. The van der Waals surface area contributed by atoms with Gasteiger partial charge in [0.15, 0.2) is 0 Å². The summed E-state index contributed by atoms with van der Waals surface area (Å²) in [6.07, 6.45) is -34.4. The van der Waals surface area contributed by atoms with Crippen LogP contribution in [0.4, 0.5) is 87.8 Å². The Morgan fingerprint density at radius 3 is 0.483 bits per heavy atom. The van der Waals surface area contributed by atoms with E-state index in [1.54, 1.807) is 0 Å². The largest absolute Gasteiger partial charge is 0.459 e. The highest BCUT2D eigenvalue weighted by molar-refractivity contribution is 5.20. The zero-order valence-electron chi connectivity index (χ0n) is 12.1. The average Bonchev–Trinajstić information content (AvgIpc) is 2.30. The molecule has 0 nitrogen and oxygen atoms in total. The van der Waals surface area contributed by atoms with E-state index in [9.17, 15) is 87.8 Å². The molecule has 0 atom stereocenters. The van der Waals surface area contributed by atoms with Crippen molar-refractivity contribution >= 4 is 0 Å². The fourth-order valence-electron chi connectivity index (χ4n) is 1.90. The zero-order valence-corrected chi connectivity index (χ0v) is 12.1. The van der Waals surface area contributed by atoms with Crippen molar-refractivity contribution < 1.29 is 87.8 Å².